The van der Waals surface area contributed by atoms with Crippen molar-refractivity contribution in [1.82, 2.24) is 34.8 Å². The van der Waals surface area contributed by atoms with Crippen LogP contribution in [-0.4, -0.2) is 78.5 Å². The predicted octanol–water partition coefficient (Wildman–Crippen LogP) is 2.11. The van der Waals surface area contributed by atoms with Crippen molar-refractivity contribution < 1.29 is 18.8 Å². The molecule has 3 aromatic rings. The van der Waals surface area contributed by atoms with Crippen LogP contribution < -0.4 is 0 Å². The summed E-state index contributed by atoms with van der Waals surface area (Å²) in [7, 11) is 0. The van der Waals surface area contributed by atoms with E-state index < -0.39 is 17.5 Å². The number of Topliss-reactive ketones (excluding diaryl/α,β-unsaturated/α-hetero) is 1. The van der Waals surface area contributed by atoms with E-state index in [0.29, 0.717) is 25.4 Å². The number of pyridine rings is 1. The second kappa shape index (κ2) is 9.32. The maximum Gasteiger partial charge on any atom is 0.295 e. The molecule has 1 N–H and O–H groups in total. The second-order valence-electron chi connectivity index (χ2n) is 8.92. The molecule has 0 aromatic carbocycles. The fourth-order valence-corrected chi connectivity index (χ4v) is 4.97. The number of ketones is 1. The van der Waals surface area contributed by atoms with Crippen molar-refractivity contribution in [3.63, 3.8) is 0 Å². The summed E-state index contributed by atoms with van der Waals surface area (Å²) >= 11 is 0. The molecule has 2 aliphatic rings. The molecule has 34 heavy (non-hydrogen) atoms. The summed E-state index contributed by atoms with van der Waals surface area (Å²) in [5.74, 6) is -1.20. The highest BCUT2D eigenvalue weighted by molar-refractivity contribution is 6.45. The standard InChI is InChI=1S/C23H26FN7O3/c24-17-14-26-22(31-8-7-27-28-31)20-19(17)16(13-25-20)21(33)23(34)30-11-9-29(10-12-30)18(32)6-5-15-3-1-2-4-15/h7-8,13-15,25H,1-6,9-12H2. The van der Waals surface area contributed by atoms with Crippen LogP contribution in [0.2, 0.25) is 0 Å². The van der Waals surface area contributed by atoms with Gasteiger partial charge in [0, 0.05) is 38.8 Å². The Morgan fingerprint density at radius 1 is 1.09 bits per heavy atom. The van der Waals surface area contributed by atoms with E-state index >= 15 is 0 Å². The average Bonchev–Trinajstić information content (AvgIpc) is 3.64. The van der Waals surface area contributed by atoms with E-state index in [4.69, 9.17) is 0 Å². The van der Waals surface area contributed by atoms with Crippen LogP contribution in [0, 0.1) is 11.7 Å². The highest BCUT2D eigenvalue weighted by Gasteiger charge is 2.31. The van der Waals surface area contributed by atoms with E-state index in [9.17, 15) is 18.8 Å². The quantitative estimate of drug-likeness (QED) is 0.438. The number of hydrogen-bond acceptors (Lipinski definition) is 6. The number of piperazine rings is 1. The van der Waals surface area contributed by atoms with E-state index in [1.54, 1.807) is 11.1 Å². The van der Waals surface area contributed by atoms with Crippen molar-refractivity contribution in [3.05, 3.63) is 36.2 Å². The minimum Gasteiger partial charge on any atom is -0.357 e. The largest absolute Gasteiger partial charge is 0.357 e. The molecule has 5 rings (SSSR count). The summed E-state index contributed by atoms with van der Waals surface area (Å²) in [5.41, 5.74) is 0.190. The second-order valence-corrected chi connectivity index (χ2v) is 8.92. The Bertz CT molecular complexity index is 1210. The van der Waals surface area contributed by atoms with Crippen molar-refractivity contribution in [1.29, 1.82) is 0 Å². The first-order valence-corrected chi connectivity index (χ1v) is 11.7. The average molecular weight is 468 g/mol. The lowest BCUT2D eigenvalue weighted by molar-refractivity contribution is -0.137. The van der Waals surface area contributed by atoms with Gasteiger partial charge in [-0.3, -0.25) is 14.4 Å². The Balaban J connectivity index is 1.25. The molecule has 2 fully saturated rings. The topological polar surface area (TPSA) is 117 Å². The summed E-state index contributed by atoms with van der Waals surface area (Å²) in [6.07, 6.45) is 11.7. The number of amides is 2. The number of aromatic nitrogens is 5. The summed E-state index contributed by atoms with van der Waals surface area (Å²) in [6.45, 7) is 1.34. The zero-order chi connectivity index (χ0) is 23.7. The Morgan fingerprint density at radius 2 is 1.82 bits per heavy atom. The van der Waals surface area contributed by atoms with E-state index in [1.807, 2.05) is 0 Å². The molecule has 2 amide bonds. The third kappa shape index (κ3) is 4.17. The first-order chi connectivity index (χ1) is 16.5. The summed E-state index contributed by atoms with van der Waals surface area (Å²) in [4.78, 5) is 48.6. The van der Waals surface area contributed by atoms with Gasteiger partial charge in [-0.2, -0.15) is 0 Å². The van der Waals surface area contributed by atoms with E-state index in [0.717, 1.165) is 12.6 Å². The van der Waals surface area contributed by atoms with E-state index in [1.165, 1.54) is 47.7 Å². The molecule has 0 radical (unpaired) electrons. The number of carbonyl (C=O) groups excluding carboxylic acids is 3. The summed E-state index contributed by atoms with van der Waals surface area (Å²) < 4.78 is 16.0. The van der Waals surface area contributed by atoms with E-state index in [2.05, 4.69) is 20.3 Å². The van der Waals surface area contributed by atoms with Crippen LogP contribution in [0.15, 0.2) is 24.8 Å². The van der Waals surface area contributed by atoms with Crippen LogP contribution in [0.5, 0.6) is 0 Å². The van der Waals surface area contributed by atoms with Gasteiger partial charge in [0.15, 0.2) is 11.6 Å². The number of nitrogens with one attached hydrogen (secondary N) is 1. The minimum atomic E-state index is -0.804. The molecule has 0 unspecified atom stereocenters. The molecule has 1 aliphatic carbocycles. The fraction of sp³-hybridized carbons (Fsp3) is 0.478. The van der Waals surface area contributed by atoms with Crippen LogP contribution in [0.4, 0.5) is 4.39 Å². The molecule has 11 heteroatoms. The van der Waals surface area contributed by atoms with Crippen molar-refractivity contribution in [2.75, 3.05) is 26.2 Å². The number of carbonyl (C=O) groups is 3. The van der Waals surface area contributed by atoms with Crippen LogP contribution in [0.1, 0.15) is 48.9 Å². The van der Waals surface area contributed by atoms with Gasteiger partial charge in [-0.05, 0) is 12.3 Å². The number of fused-ring (bicyclic) bond motifs is 1. The third-order valence-electron chi connectivity index (χ3n) is 6.88. The SMILES string of the molecule is O=C(C(=O)N1CCN(C(=O)CCC2CCCC2)CC1)c1c[nH]c2c(-n3ccnn3)ncc(F)c12. The lowest BCUT2D eigenvalue weighted by Gasteiger charge is -2.34. The maximum atomic E-state index is 14.6. The van der Waals surface area contributed by atoms with Crippen LogP contribution in [0.25, 0.3) is 16.7 Å². The highest BCUT2D eigenvalue weighted by Crippen LogP contribution is 2.29. The van der Waals surface area contributed by atoms with Crippen molar-refractivity contribution in [3.8, 4) is 5.82 Å². The van der Waals surface area contributed by atoms with Gasteiger partial charge in [0.05, 0.1) is 35.1 Å². The lowest BCUT2D eigenvalue weighted by Crippen LogP contribution is -2.52. The Morgan fingerprint density at radius 3 is 2.53 bits per heavy atom. The molecular formula is C23H26FN7O3. The third-order valence-corrected chi connectivity index (χ3v) is 6.88. The number of aromatic amines is 1. The van der Waals surface area contributed by atoms with Crippen molar-refractivity contribution >= 4 is 28.5 Å². The Labute approximate surface area is 195 Å². The zero-order valence-electron chi connectivity index (χ0n) is 18.7. The van der Waals surface area contributed by atoms with E-state index in [-0.39, 0.29) is 41.3 Å². The van der Waals surface area contributed by atoms with Gasteiger partial charge in [-0.25, -0.2) is 14.1 Å². The molecular weight excluding hydrogens is 441 g/mol. The van der Waals surface area contributed by atoms with Crippen molar-refractivity contribution in [2.24, 2.45) is 5.92 Å². The lowest BCUT2D eigenvalue weighted by atomic mass is 10.0. The zero-order valence-corrected chi connectivity index (χ0v) is 18.7. The highest BCUT2D eigenvalue weighted by atomic mass is 19.1. The van der Waals surface area contributed by atoms with Gasteiger partial charge in [-0.1, -0.05) is 30.9 Å². The number of H-pyrrole nitrogens is 1. The molecule has 1 aliphatic heterocycles. The predicted molar refractivity (Wildman–Crippen MR) is 120 cm³/mol. The number of nitrogens with zero attached hydrogens (tertiary/aromatic N) is 6. The number of rotatable bonds is 6. The maximum absolute atomic E-state index is 14.6. The molecule has 0 spiro atoms. The van der Waals surface area contributed by atoms with Gasteiger partial charge in [-0.15, -0.1) is 5.10 Å². The Hall–Kier alpha value is -3.63. The first kappa shape index (κ1) is 22.2. The van der Waals surface area contributed by atoms with Gasteiger partial charge in [0.1, 0.15) is 0 Å². The van der Waals surface area contributed by atoms with Crippen molar-refractivity contribution in [2.45, 2.75) is 38.5 Å². The molecule has 10 nitrogen and oxygen atoms in total. The van der Waals surface area contributed by atoms with Gasteiger partial charge < -0.3 is 14.8 Å². The Kier molecular flexibility index (Phi) is 6.08. The summed E-state index contributed by atoms with van der Waals surface area (Å²) in [5, 5.41) is 7.56. The van der Waals surface area contributed by atoms with Crippen LogP contribution in [0.3, 0.4) is 0 Å². The first-order valence-electron chi connectivity index (χ1n) is 11.7. The van der Waals surface area contributed by atoms with Gasteiger partial charge in [0.2, 0.25) is 5.91 Å². The summed E-state index contributed by atoms with van der Waals surface area (Å²) in [6, 6.07) is 0. The van der Waals surface area contributed by atoms with Crippen LogP contribution >= 0.6 is 0 Å². The number of hydrogen-bond donors (Lipinski definition) is 1. The van der Waals surface area contributed by atoms with Gasteiger partial charge in [0.25, 0.3) is 11.7 Å². The molecule has 0 bridgehead atoms. The fourth-order valence-electron chi connectivity index (χ4n) is 4.97. The molecule has 0 atom stereocenters. The smallest absolute Gasteiger partial charge is 0.295 e. The monoisotopic (exact) mass is 467 g/mol. The van der Waals surface area contributed by atoms with Gasteiger partial charge >= 0.3 is 0 Å². The molecule has 1 saturated heterocycles. The number of halogens is 1. The molecule has 1 saturated carbocycles. The molecule has 3 aromatic heterocycles. The molecule has 4 heterocycles. The normalized spacial score (nSPS) is 17.0. The molecule has 178 valence electrons. The minimum absolute atomic E-state index is 0.0143. The van der Waals surface area contributed by atoms with Crippen LogP contribution in [-0.2, 0) is 9.59 Å².